The number of carbonyl (C=O) groups excluding carboxylic acids is 1. The van der Waals surface area contributed by atoms with Gasteiger partial charge in [0.1, 0.15) is 0 Å². The number of carbonyl (C=O) groups is 2. The lowest BCUT2D eigenvalue weighted by atomic mass is 9.89. The van der Waals surface area contributed by atoms with E-state index in [9.17, 15) is 18.4 Å². The molecule has 20 heavy (non-hydrogen) atoms. The highest BCUT2D eigenvalue weighted by molar-refractivity contribution is 5.94. The molecule has 0 unspecified atom stereocenters. The number of methoxy groups -OCH3 is 1. The zero-order chi connectivity index (χ0) is 15.5. The van der Waals surface area contributed by atoms with Crippen molar-refractivity contribution in [3.8, 4) is 5.75 Å². The number of hydrogen-bond acceptors (Lipinski definition) is 3. The molecule has 2 N–H and O–H groups in total. The van der Waals surface area contributed by atoms with Crippen LogP contribution in [-0.2, 0) is 9.59 Å². The second-order valence-electron chi connectivity index (χ2n) is 4.88. The number of rotatable bonds is 5. The third-order valence-corrected chi connectivity index (χ3v) is 2.70. The minimum absolute atomic E-state index is 0.286. The van der Waals surface area contributed by atoms with Crippen LogP contribution in [0.3, 0.4) is 0 Å². The number of anilines is 1. The number of hydrogen-bond donors (Lipinski definition) is 2. The normalized spacial score (nSPS) is 11.1. The second-order valence-corrected chi connectivity index (χ2v) is 4.88. The van der Waals surface area contributed by atoms with Gasteiger partial charge in [-0.05, 0) is 13.8 Å². The molecule has 0 saturated carbocycles. The van der Waals surface area contributed by atoms with Crippen molar-refractivity contribution in [3.05, 3.63) is 23.8 Å². The quantitative estimate of drug-likeness (QED) is 0.872. The van der Waals surface area contributed by atoms with E-state index >= 15 is 0 Å². The van der Waals surface area contributed by atoms with Crippen molar-refractivity contribution in [3.63, 3.8) is 0 Å². The summed E-state index contributed by atoms with van der Waals surface area (Å²) < 4.78 is 31.6. The van der Waals surface area contributed by atoms with Crippen LogP contribution >= 0.6 is 0 Å². The highest BCUT2D eigenvalue weighted by Gasteiger charge is 2.30. The molecule has 110 valence electrons. The van der Waals surface area contributed by atoms with Gasteiger partial charge in [-0.3, -0.25) is 9.59 Å². The van der Waals surface area contributed by atoms with Gasteiger partial charge in [0.15, 0.2) is 17.4 Å². The van der Waals surface area contributed by atoms with Crippen LogP contribution in [0.1, 0.15) is 20.3 Å². The van der Waals surface area contributed by atoms with Crippen LogP contribution in [0.25, 0.3) is 0 Å². The molecule has 1 aromatic rings. The van der Waals surface area contributed by atoms with E-state index < -0.39 is 28.9 Å². The minimum Gasteiger partial charge on any atom is -0.494 e. The van der Waals surface area contributed by atoms with E-state index in [0.29, 0.717) is 0 Å². The first-order chi connectivity index (χ1) is 9.17. The van der Waals surface area contributed by atoms with Crippen molar-refractivity contribution in [2.75, 3.05) is 12.4 Å². The predicted octanol–water partition coefficient (Wildman–Crippen LogP) is 2.41. The number of halogens is 2. The average Bonchev–Trinajstić information content (AvgIpc) is 2.32. The molecule has 1 rings (SSSR count). The molecule has 0 radical (unpaired) electrons. The third kappa shape index (κ3) is 3.66. The average molecular weight is 287 g/mol. The van der Waals surface area contributed by atoms with Crippen molar-refractivity contribution >= 4 is 17.6 Å². The molecule has 0 atom stereocenters. The van der Waals surface area contributed by atoms with E-state index in [4.69, 9.17) is 5.11 Å². The molecule has 0 fully saturated rings. The highest BCUT2D eigenvalue weighted by Crippen LogP contribution is 2.26. The second kappa shape index (κ2) is 5.85. The van der Waals surface area contributed by atoms with Crippen LogP contribution in [0.5, 0.6) is 5.75 Å². The summed E-state index contributed by atoms with van der Waals surface area (Å²) in [6, 6.07) is 1.58. The van der Waals surface area contributed by atoms with E-state index in [1.807, 2.05) is 0 Å². The Morgan fingerprint density at radius 3 is 2.40 bits per heavy atom. The van der Waals surface area contributed by atoms with Crippen LogP contribution < -0.4 is 10.1 Å². The summed E-state index contributed by atoms with van der Waals surface area (Å²) in [6.07, 6.45) is -0.366. The van der Waals surface area contributed by atoms with Crippen LogP contribution in [0.2, 0.25) is 0 Å². The molecule has 0 aliphatic heterocycles. The van der Waals surface area contributed by atoms with Gasteiger partial charge in [0, 0.05) is 18.6 Å². The molecule has 1 amide bonds. The molecule has 0 saturated heterocycles. The van der Waals surface area contributed by atoms with Crippen molar-refractivity contribution in [2.24, 2.45) is 5.41 Å². The standard InChI is InChI=1S/C13H15F2NO4/c1-13(2,12(18)19)6-11(17)16-9-4-8(15)10(20-3)5-7(9)14/h4-5H,6H2,1-3H3,(H,16,17)(H,18,19). The number of carboxylic acids is 1. The maximum Gasteiger partial charge on any atom is 0.309 e. The molecule has 0 aromatic heterocycles. The molecule has 7 heteroatoms. The van der Waals surface area contributed by atoms with Gasteiger partial charge in [-0.1, -0.05) is 0 Å². The van der Waals surface area contributed by atoms with Gasteiger partial charge >= 0.3 is 5.97 Å². The Hall–Kier alpha value is -2.18. The van der Waals surface area contributed by atoms with Crippen LogP contribution in [0.15, 0.2) is 12.1 Å². The first kappa shape index (κ1) is 15.9. The summed E-state index contributed by atoms with van der Waals surface area (Å²) in [4.78, 5) is 22.5. The number of nitrogens with one attached hydrogen (secondary N) is 1. The maximum absolute atomic E-state index is 13.6. The van der Waals surface area contributed by atoms with Crippen molar-refractivity contribution < 1.29 is 28.2 Å². The fraction of sp³-hybridized carbons (Fsp3) is 0.385. The smallest absolute Gasteiger partial charge is 0.309 e. The Balaban J connectivity index is 2.87. The minimum atomic E-state index is -1.30. The lowest BCUT2D eigenvalue weighted by Gasteiger charge is -2.18. The van der Waals surface area contributed by atoms with Crippen molar-refractivity contribution in [1.82, 2.24) is 0 Å². The fourth-order valence-corrected chi connectivity index (χ4v) is 1.45. The summed E-state index contributed by atoms with van der Waals surface area (Å²) in [6.45, 7) is 2.72. The van der Waals surface area contributed by atoms with Crippen molar-refractivity contribution in [1.29, 1.82) is 0 Å². The number of aliphatic carboxylic acids is 1. The van der Waals surface area contributed by atoms with Gasteiger partial charge in [0.2, 0.25) is 5.91 Å². The Morgan fingerprint density at radius 2 is 1.90 bits per heavy atom. The molecule has 0 bridgehead atoms. The Bertz CT molecular complexity index is 543. The highest BCUT2D eigenvalue weighted by atomic mass is 19.1. The molecule has 0 aliphatic rings. The van der Waals surface area contributed by atoms with E-state index in [1.54, 1.807) is 0 Å². The molecule has 5 nitrogen and oxygen atoms in total. The summed E-state index contributed by atoms with van der Waals surface area (Å²) in [5, 5.41) is 11.0. The molecular formula is C13H15F2NO4. The molecule has 0 aliphatic carbocycles. The summed E-state index contributed by atoms with van der Waals surface area (Å²) in [7, 11) is 1.19. The summed E-state index contributed by atoms with van der Waals surface area (Å²) in [5.41, 5.74) is -1.67. The van der Waals surface area contributed by atoms with Gasteiger partial charge < -0.3 is 15.2 Å². The molecule has 0 spiro atoms. The number of carboxylic acid groups (broad SMARTS) is 1. The summed E-state index contributed by atoms with van der Waals surface area (Å²) >= 11 is 0. The van der Waals surface area contributed by atoms with E-state index in [2.05, 4.69) is 10.1 Å². The SMILES string of the molecule is COc1cc(F)c(NC(=O)CC(C)(C)C(=O)O)cc1F. The molecule has 1 aromatic carbocycles. The van der Waals surface area contributed by atoms with E-state index in [1.165, 1.54) is 21.0 Å². The number of benzene rings is 1. The largest absolute Gasteiger partial charge is 0.494 e. The Kier molecular flexibility index (Phi) is 4.65. The Labute approximate surface area is 114 Å². The first-order valence-corrected chi connectivity index (χ1v) is 5.73. The molecule has 0 heterocycles. The lowest BCUT2D eigenvalue weighted by Crippen LogP contribution is -2.29. The number of ether oxygens (including phenoxy) is 1. The van der Waals surface area contributed by atoms with E-state index in [-0.39, 0.29) is 17.9 Å². The first-order valence-electron chi connectivity index (χ1n) is 5.73. The van der Waals surface area contributed by atoms with Gasteiger partial charge in [-0.2, -0.15) is 0 Å². The van der Waals surface area contributed by atoms with Crippen LogP contribution in [0, 0.1) is 17.0 Å². The monoisotopic (exact) mass is 287 g/mol. The zero-order valence-corrected chi connectivity index (χ0v) is 11.3. The van der Waals surface area contributed by atoms with Gasteiger partial charge in [0.05, 0.1) is 18.2 Å². The Morgan fingerprint density at radius 1 is 1.30 bits per heavy atom. The van der Waals surface area contributed by atoms with Gasteiger partial charge in [-0.25, -0.2) is 8.78 Å². The number of amides is 1. The third-order valence-electron chi connectivity index (χ3n) is 2.70. The maximum atomic E-state index is 13.6. The zero-order valence-electron chi connectivity index (χ0n) is 11.3. The fourth-order valence-electron chi connectivity index (χ4n) is 1.45. The summed E-state index contributed by atoms with van der Waals surface area (Å²) in [5.74, 6) is -3.87. The van der Waals surface area contributed by atoms with Gasteiger partial charge in [-0.15, -0.1) is 0 Å². The predicted molar refractivity (Wildman–Crippen MR) is 67.6 cm³/mol. The molecular weight excluding hydrogens is 272 g/mol. The van der Waals surface area contributed by atoms with Crippen molar-refractivity contribution in [2.45, 2.75) is 20.3 Å². The van der Waals surface area contributed by atoms with Gasteiger partial charge in [0.25, 0.3) is 0 Å². The topological polar surface area (TPSA) is 75.6 Å². The van der Waals surface area contributed by atoms with E-state index in [0.717, 1.165) is 12.1 Å². The van der Waals surface area contributed by atoms with Crippen LogP contribution in [0.4, 0.5) is 14.5 Å². The lowest BCUT2D eigenvalue weighted by molar-refractivity contribution is -0.148. The van der Waals surface area contributed by atoms with Crippen LogP contribution in [-0.4, -0.2) is 24.1 Å².